The molecule has 138 valence electrons. The van der Waals surface area contributed by atoms with E-state index in [1.165, 1.54) is 17.3 Å². The number of nitro benzene ring substituents is 1. The van der Waals surface area contributed by atoms with Gasteiger partial charge in [0.1, 0.15) is 0 Å². The zero-order valence-corrected chi connectivity index (χ0v) is 15.5. The first-order valence-electron chi connectivity index (χ1n) is 7.79. The molecule has 0 spiro atoms. The largest absolute Gasteiger partial charge is 0.466 e. The normalized spacial score (nSPS) is 16.6. The van der Waals surface area contributed by atoms with Gasteiger partial charge in [0, 0.05) is 24.7 Å². The molecule has 1 aliphatic heterocycles. The number of benzene rings is 1. The van der Waals surface area contributed by atoms with E-state index >= 15 is 0 Å². The van der Waals surface area contributed by atoms with Gasteiger partial charge in [-0.05, 0) is 32.8 Å². The molecule has 0 bridgehead atoms. The number of carbonyl (C=O) groups excluding carboxylic acids is 1. The molecule has 1 aromatic carbocycles. The van der Waals surface area contributed by atoms with Gasteiger partial charge in [-0.25, -0.2) is 8.42 Å². The zero-order valence-electron chi connectivity index (χ0n) is 13.9. The maximum absolute atomic E-state index is 12.8. The van der Waals surface area contributed by atoms with E-state index in [1.807, 2.05) is 0 Å². The van der Waals surface area contributed by atoms with Crippen LogP contribution in [0.2, 0.25) is 5.02 Å². The molecule has 0 radical (unpaired) electrons. The van der Waals surface area contributed by atoms with Crippen LogP contribution < -0.4 is 0 Å². The van der Waals surface area contributed by atoms with E-state index in [0.717, 1.165) is 6.07 Å². The van der Waals surface area contributed by atoms with Crippen molar-refractivity contribution < 1.29 is 22.9 Å². The lowest BCUT2D eigenvalue weighted by Gasteiger charge is -2.30. The number of carbonyl (C=O) groups is 1. The van der Waals surface area contributed by atoms with Crippen molar-refractivity contribution in [1.29, 1.82) is 0 Å². The first-order chi connectivity index (χ1) is 11.7. The molecule has 0 aliphatic carbocycles. The minimum atomic E-state index is -3.93. The van der Waals surface area contributed by atoms with E-state index in [2.05, 4.69) is 0 Å². The highest BCUT2D eigenvalue weighted by atomic mass is 35.5. The monoisotopic (exact) mass is 390 g/mol. The molecule has 1 heterocycles. The Hall–Kier alpha value is -1.71. The smallest absolute Gasteiger partial charge is 0.309 e. The summed E-state index contributed by atoms with van der Waals surface area (Å²) in [6, 6.07) is 2.24. The highest BCUT2D eigenvalue weighted by molar-refractivity contribution is 7.89. The summed E-state index contributed by atoms with van der Waals surface area (Å²) in [5, 5.41) is 11.1. The van der Waals surface area contributed by atoms with Gasteiger partial charge in [-0.1, -0.05) is 11.6 Å². The van der Waals surface area contributed by atoms with Gasteiger partial charge in [0.2, 0.25) is 10.0 Å². The number of sulfonamides is 1. The third kappa shape index (κ3) is 4.10. The maximum atomic E-state index is 12.8. The van der Waals surface area contributed by atoms with Gasteiger partial charge in [0.05, 0.1) is 27.4 Å². The van der Waals surface area contributed by atoms with Crippen LogP contribution in [0.3, 0.4) is 0 Å². The van der Waals surface area contributed by atoms with Gasteiger partial charge in [0.15, 0.2) is 0 Å². The molecule has 0 N–H and O–H groups in total. The lowest BCUT2D eigenvalue weighted by molar-refractivity contribution is -0.385. The highest BCUT2D eigenvalue weighted by Gasteiger charge is 2.34. The van der Waals surface area contributed by atoms with Crippen LogP contribution in [0.1, 0.15) is 25.3 Å². The summed E-state index contributed by atoms with van der Waals surface area (Å²) in [5.41, 5.74) is -0.126. The summed E-state index contributed by atoms with van der Waals surface area (Å²) in [7, 11) is -3.93. The first kappa shape index (κ1) is 19.6. The molecule has 1 fully saturated rings. The fraction of sp³-hybridized carbons (Fsp3) is 0.533. The Labute approximate surface area is 150 Å². The predicted molar refractivity (Wildman–Crippen MR) is 91.0 cm³/mol. The average molecular weight is 391 g/mol. The molecule has 0 saturated carbocycles. The van der Waals surface area contributed by atoms with E-state index in [4.69, 9.17) is 16.3 Å². The second-order valence-corrected chi connectivity index (χ2v) is 8.08. The molecule has 10 heteroatoms. The number of esters is 1. The average Bonchev–Trinajstić information content (AvgIpc) is 2.57. The molecule has 8 nitrogen and oxygen atoms in total. The number of halogens is 1. The molecular formula is C15H19ClN2O6S. The first-order valence-corrected chi connectivity index (χ1v) is 9.61. The van der Waals surface area contributed by atoms with Gasteiger partial charge < -0.3 is 4.74 Å². The standard InChI is InChI=1S/C15H19ClN2O6S/c1-3-24-15(19)11-4-6-17(7-5-11)25(22,23)12-8-13(16)10(2)14(9-12)18(20)21/h8-9,11H,3-7H2,1-2H3. The van der Waals surface area contributed by atoms with Crippen molar-refractivity contribution >= 4 is 33.3 Å². The topological polar surface area (TPSA) is 107 Å². The molecule has 25 heavy (non-hydrogen) atoms. The summed E-state index contributed by atoms with van der Waals surface area (Å²) in [6.07, 6.45) is 0.694. The summed E-state index contributed by atoms with van der Waals surface area (Å²) in [4.78, 5) is 22.0. The van der Waals surface area contributed by atoms with Crippen LogP contribution in [-0.4, -0.2) is 43.3 Å². The molecule has 0 amide bonds. The van der Waals surface area contributed by atoms with Crippen LogP contribution in [0.15, 0.2) is 17.0 Å². The van der Waals surface area contributed by atoms with E-state index < -0.39 is 14.9 Å². The van der Waals surface area contributed by atoms with Crippen LogP contribution in [0.5, 0.6) is 0 Å². The van der Waals surface area contributed by atoms with Crippen molar-refractivity contribution in [2.45, 2.75) is 31.6 Å². The zero-order chi connectivity index (χ0) is 18.8. The van der Waals surface area contributed by atoms with Crippen molar-refractivity contribution in [2.75, 3.05) is 19.7 Å². The lowest BCUT2D eigenvalue weighted by atomic mass is 9.98. The Balaban J connectivity index is 2.23. The maximum Gasteiger partial charge on any atom is 0.309 e. The molecule has 1 saturated heterocycles. The van der Waals surface area contributed by atoms with Crippen LogP contribution in [0.25, 0.3) is 0 Å². The number of hydrogen-bond acceptors (Lipinski definition) is 6. The minimum absolute atomic E-state index is 0.0224. The molecule has 1 aromatic rings. The van der Waals surface area contributed by atoms with Crippen molar-refractivity contribution in [3.63, 3.8) is 0 Å². The van der Waals surface area contributed by atoms with E-state index in [0.29, 0.717) is 12.8 Å². The van der Waals surface area contributed by atoms with E-state index in [-0.39, 0.29) is 52.8 Å². The summed E-state index contributed by atoms with van der Waals surface area (Å²) < 4.78 is 31.7. The Morgan fingerprint density at radius 1 is 1.40 bits per heavy atom. The SMILES string of the molecule is CCOC(=O)C1CCN(S(=O)(=O)c2cc(Cl)c(C)c([N+](=O)[O-])c2)CC1. The molecule has 2 rings (SSSR count). The van der Waals surface area contributed by atoms with E-state index in [1.54, 1.807) is 6.92 Å². The number of piperidine rings is 1. The van der Waals surface area contributed by atoms with Crippen molar-refractivity contribution in [2.24, 2.45) is 5.92 Å². The second kappa shape index (κ2) is 7.67. The molecular weight excluding hydrogens is 372 g/mol. The van der Waals surface area contributed by atoms with Crippen LogP contribution in [0.4, 0.5) is 5.69 Å². The number of nitro groups is 1. The third-order valence-corrected chi connectivity index (χ3v) is 6.47. The highest BCUT2D eigenvalue weighted by Crippen LogP contribution is 2.32. The van der Waals surface area contributed by atoms with Crippen molar-refractivity contribution in [1.82, 2.24) is 4.31 Å². The third-order valence-electron chi connectivity index (χ3n) is 4.20. The number of nitrogens with zero attached hydrogens (tertiary/aromatic N) is 2. The Bertz CT molecular complexity index is 787. The predicted octanol–water partition coefficient (Wildman–Crippen LogP) is 2.52. The van der Waals surface area contributed by atoms with E-state index in [9.17, 15) is 23.3 Å². The van der Waals surface area contributed by atoms with Gasteiger partial charge in [-0.15, -0.1) is 0 Å². The summed E-state index contributed by atoms with van der Waals surface area (Å²) in [6.45, 7) is 3.74. The minimum Gasteiger partial charge on any atom is -0.466 e. The Morgan fingerprint density at radius 3 is 2.52 bits per heavy atom. The number of rotatable bonds is 5. The van der Waals surface area contributed by atoms with Crippen molar-refractivity contribution in [3.8, 4) is 0 Å². The Kier molecular flexibility index (Phi) is 6.02. The Morgan fingerprint density at radius 2 is 2.00 bits per heavy atom. The van der Waals surface area contributed by atoms with Gasteiger partial charge in [0.25, 0.3) is 5.69 Å². The fourth-order valence-electron chi connectivity index (χ4n) is 2.72. The second-order valence-electron chi connectivity index (χ2n) is 5.74. The molecule has 1 aliphatic rings. The van der Waals surface area contributed by atoms with Gasteiger partial charge >= 0.3 is 5.97 Å². The molecule has 0 atom stereocenters. The summed E-state index contributed by atoms with van der Waals surface area (Å²) >= 11 is 5.96. The number of hydrogen-bond donors (Lipinski definition) is 0. The number of ether oxygens (including phenoxy) is 1. The fourth-order valence-corrected chi connectivity index (χ4v) is 4.52. The van der Waals surface area contributed by atoms with Crippen LogP contribution in [-0.2, 0) is 19.6 Å². The van der Waals surface area contributed by atoms with Gasteiger partial charge in [-0.2, -0.15) is 4.31 Å². The summed E-state index contributed by atoms with van der Waals surface area (Å²) in [5.74, 6) is -0.657. The van der Waals surface area contributed by atoms with Crippen LogP contribution in [0, 0.1) is 23.0 Å². The molecule has 0 unspecified atom stereocenters. The van der Waals surface area contributed by atoms with Crippen LogP contribution >= 0.6 is 11.6 Å². The van der Waals surface area contributed by atoms with Crippen molar-refractivity contribution in [3.05, 3.63) is 32.8 Å². The quantitative estimate of drug-likeness (QED) is 0.434. The molecule has 0 aromatic heterocycles. The lowest BCUT2D eigenvalue weighted by Crippen LogP contribution is -2.40. The van der Waals surface area contributed by atoms with Gasteiger partial charge in [-0.3, -0.25) is 14.9 Å².